The number of rotatable bonds is 3. The number of hydrogen-bond acceptors (Lipinski definition) is 3. The van der Waals surface area contributed by atoms with Crippen LogP contribution in [0.15, 0.2) is 48.5 Å². The highest BCUT2D eigenvalue weighted by atomic mass is 15.2. The zero-order chi connectivity index (χ0) is 15.7. The van der Waals surface area contributed by atoms with E-state index in [0.29, 0.717) is 18.6 Å². The molecule has 3 heteroatoms. The largest absolute Gasteiger partial charge is 0.366 e. The van der Waals surface area contributed by atoms with Crippen LogP contribution in [-0.2, 0) is 0 Å². The van der Waals surface area contributed by atoms with Crippen LogP contribution >= 0.6 is 0 Å². The van der Waals surface area contributed by atoms with Gasteiger partial charge in [-0.05, 0) is 37.2 Å². The Hall–Kier alpha value is -1.84. The Balaban J connectivity index is 2.03. The first-order valence-electron chi connectivity index (χ1n) is 7.90. The first kappa shape index (κ1) is 15.1. The number of fused-ring (bicyclic) bond motifs is 1. The molecule has 0 saturated carbocycles. The van der Waals surface area contributed by atoms with Crippen molar-refractivity contribution in [1.29, 1.82) is 0 Å². The molecular formula is C19H25N3. The smallest absolute Gasteiger partial charge is 0.0669 e. The van der Waals surface area contributed by atoms with Crippen LogP contribution < -0.4 is 10.6 Å². The van der Waals surface area contributed by atoms with E-state index in [0.717, 1.165) is 6.54 Å². The average Bonchev–Trinajstić information content (AvgIpc) is 2.54. The van der Waals surface area contributed by atoms with Gasteiger partial charge in [0.15, 0.2) is 0 Å². The van der Waals surface area contributed by atoms with E-state index in [-0.39, 0.29) is 0 Å². The molecule has 0 aromatic heterocycles. The monoisotopic (exact) mass is 295 g/mol. The number of likely N-dealkylation sites (N-methyl/N-ethyl adjacent to an activating group) is 2. The Bertz CT molecular complexity index is 638. The highest BCUT2D eigenvalue weighted by Gasteiger charge is 2.32. The molecule has 0 spiro atoms. The maximum atomic E-state index is 6.04. The summed E-state index contributed by atoms with van der Waals surface area (Å²) in [6.07, 6.45) is 0. The molecule has 2 N–H and O–H groups in total. The summed E-state index contributed by atoms with van der Waals surface area (Å²) >= 11 is 0. The first-order chi connectivity index (χ1) is 10.6. The minimum Gasteiger partial charge on any atom is -0.366 e. The number of nitrogens with two attached hydrogens (primary N) is 1. The maximum absolute atomic E-state index is 6.04. The van der Waals surface area contributed by atoms with Crippen molar-refractivity contribution in [2.24, 2.45) is 5.73 Å². The number of benzene rings is 2. The second-order valence-electron chi connectivity index (χ2n) is 6.29. The van der Waals surface area contributed by atoms with Crippen molar-refractivity contribution >= 4 is 5.69 Å². The molecular weight excluding hydrogens is 270 g/mol. The topological polar surface area (TPSA) is 32.5 Å². The molecule has 0 amide bonds. The fraction of sp³-hybridized carbons (Fsp3) is 0.368. The van der Waals surface area contributed by atoms with Crippen molar-refractivity contribution in [3.8, 4) is 0 Å². The van der Waals surface area contributed by atoms with Gasteiger partial charge in [-0.1, -0.05) is 42.0 Å². The van der Waals surface area contributed by atoms with Crippen molar-refractivity contribution in [1.82, 2.24) is 4.90 Å². The lowest BCUT2D eigenvalue weighted by Crippen LogP contribution is -2.43. The molecule has 2 unspecified atom stereocenters. The molecule has 2 aromatic carbocycles. The highest BCUT2D eigenvalue weighted by Crippen LogP contribution is 2.38. The molecule has 1 aliphatic rings. The van der Waals surface area contributed by atoms with E-state index in [9.17, 15) is 0 Å². The van der Waals surface area contributed by atoms with Crippen LogP contribution in [0.25, 0.3) is 0 Å². The third-order valence-electron chi connectivity index (χ3n) is 4.81. The van der Waals surface area contributed by atoms with Crippen molar-refractivity contribution in [2.45, 2.75) is 19.0 Å². The summed E-state index contributed by atoms with van der Waals surface area (Å²) in [5.41, 5.74) is 11.4. The lowest BCUT2D eigenvalue weighted by molar-refractivity contribution is 0.213. The van der Waals surface area contributed by atoms with Gasteiger partial charge < -0.3 is 10.6 Å². The van der Waals surface area contributed by atoms with Crippen LogP contribution in [-0.4, -0.2) is 32.1 Å². The van der Waals surface area contributed by atoms with Gasteiger partial charge in [0.2, 0.25) is 0 Å². The van der Waals surface area contributed by atoms with Crippen LogP contribution in [0.4, 0.5) is 5.69 Å². The molecule has 0 aliphatic carbocycles. The summed E-state index contributed by atoms with van der Waals surface area (Å²) in [4.78, 5) is 4.75. The lowest BCUT2D eigenvalue weighted by Gasteiger charge is -2.43. The van der Waals surface area contributed by atoms with E-state index in [1.165, 1.54) is 22.4 Å². The fourth-order valence-corrected chi connectivity index (χ4v) is 3.50. The Labute approximate surface area is 133 Å². The number of aryl methyl sites for hydroxylation is 1. The predicted molar refractivity (Wildman–Crippen MR) is 93.2 cm³/mol. The van der Waals surface area contributed by atoms with Gasteiger partial charge in [0.05, 0.1) is 6.04 Å². The van der Waals surface area contributed by atoms with Gasteiger partial charge in [-0.3, -0.25) is 4.90 Å². The van der Waals surface area contributed by atoms with Gasteiger partial charge in [-0.15, -0.1) is 0 Å². The SMILES string of the molecule is Cc1ccc2c(c1)C(CN)N(C)CC2N(C)c1ccccc1. The number of hydrogen-bond donors (Lipinski definition) is 1. The second-order valence-corrected chi connectivity index (χ2v) is 6.29. The molecule has 0 fully saturated rings. The van der Waals surface area contributed by atoms with Gasteiger partial charge >= 0.3 is 0 Å². The summed E-state index contributed by atoms with van der Waals surface area (Å²) in [5.74, 6) is 0. The van der Waals surface area contributed by atoms with Gasteiger partial charge in [0, 0.05) is 31.9 Å². The van der Waals surface area contributed by atoms with E-state index in [2.05, 4.69) is 79.3 Å². The minimum atomic E-state index is 0.315. The fourth-order valence-electron chi connectivity index (χ4n) is 3.50. The molecule has 3 nitrogen and oxygen atoms in total. The predicted octanol–water partition coefficient (Wildman–Crippen LogP) is 3.12. The molecule has 2 aromatic rings. The van der Waals surface area contributed by atoms with Crippen LogP contribution in [0, 0.1) is 6.92 Å². The summed E-state index contributed by atoms with van der Waals surface area (Å²) in [6, 6.07) is 18.1. The zero-order valence-corrected chi connectivity index (χ0v) is 13.7. The van der Waals surface area contributed by atoms with Crippen molar-refractivity contribution < 1.29 is 0 Å². The summed E-state index contributed by atoms with van der Waals surface area (Å²) in [5, 5.41) is 0. The lowest BCUT2D eigenvalue weighted by atomic mass is 9.87. The number of nitrogens with zero attached hydrogens (tertiary/aromatic N) is 2. The highest BCUT2D eigenvalue weighted by molar-refractivity contribution is 5.50. The van der Waals surface area contributed by atoms with Gasteiger partial charge in [-0.25, -0.2) is 0 Å². The van der Waals surface area contributed by atoms with Crippen molar-refractivity contribution in [3.05, 3.63) is 65.2 Å². The standard InChI is InChI=1S/C19H25N3/c1-14-9-10-16-17(11-14)18(12-20)21(2)13-19(16)22(3)15-7-5-4-6-8-15/h4-11,18-19H,12-13,20H2,1-3H3. The van der Waals surface area contributed by atoms with Crippen molar-refractivity contribution in [2.75, 3.05) is 32.1 Å². The van der Waals surface area contributed by atoms with E-state index in [1.807, 2.05) is 0 Å². The zero-order valence-electron chi connectivity index (χ0n) is 13.7. The maximum Gasteiger partial charge on any atom is 0.0669 e. The van der Waals surface area contributed by atoms with Crippen LogP contribution in [0.3, 0.4) is 0 Å². The molecule has 0 bridgehead atoms. The average molecular weight is 295 g/mol. The number of para-hydroxylation sites is 1. The molecule has 2 atom stereocenters. The second kappa shape index (κ2) is 6.11. The third kappa shape index (κ3) is 2.62. The summed E-state index contributed by atoms with van der Waals surface area (Å²) in [6.45, 7) is 3.80. The van der Waals surface area contributed by atoms with Crippen LogP contribution in [0.1, 0.15) is 28.8 Å². The summed E-state index contributed by atoms with van der Waals surface area (Å²) in [7, 11) is 4.36. The van der Waals surface area contributed by atoms with E-state index in [4.69, 9.17) is 5.73 Å². The van der Waals surface area contributed by atoms with Crippen LogP contribution in [0.2, 0.25) is 0 Å². The van der Waals surface area contributed by atoms with E-state index in [1.54, 1.807) is 0 Å². The number of anilines is 1. The van der Waals surface area contributed by atoms with Gasteiger partial charge in [-0.2, -0.15) is 0 Å². The molecule has 0 radical (unpaired) electrons. The Morgan fingerprint density at radius 3 is 2.55 bits per heavy atom. The quantitative estimate of drug-likeness (QED) is 0.944. The Morgan fingerprint density at radius 1 is 1.14 bits per heavy atom. The third-order valence-corrected chi connectivity index (χ3v) is 4.81. The Morgan fingerprint density at radius 2 is 1.86 bits per heavy atom. The molecule has 0 saturated heterocycles. The van der Waals surface area contributed by atoms with E-state index < -0.39 is 0 Å². The van der Waals surface area contributed by atoms with Gasteiger partial charge in [0.1, 0.15) is 0 Å². The van der Waals surface area contributed by atoms with Crippen LogP contribution in [0.5, 0.6) is 0 Å². The normalized spacial score (nSPS) is 21.5. The first-order valence-corrected chi connectivity index (χ1v) is 7.90. The summed E-state index contributed by atoms with van der Waals surface area (Å²) < 4.78 is 0. The Kier molecular flexibility index (Phi) is 4.19. The molecule has 3 rings (SSSR count). The molecule has 22 heavy (non-hydrogen) atoms. The van der Waals surface area contributed by atoms with Gasteiger partial charge in [0.25, 0.3) is 0 Å². The van der Waals surface area contributed by atoms with E-state index >= 15 is 0 Å². The molecule has 116 valence electrons. The molecule has 1 heterocycles. The minimum absolute atomic E-state index is 0.315. The van der Waals surface area contributed by atoms with Crippen molar-refractivity contribution in [3.63, 3.8) is 0 Å². The molecule has 1 aliphatic heterocycles.